The topological polar surface area (TPSA) is 70.2 Å². The number of carbonyl (C=O) groups excluding carboxylic acids is 2. The first-order valence-corrected chi connectivity index (χ1v) is 13.3. The summed E-state index contributed by atoms with van der Waals surface area (Å²) in [5.41, 5.74) is 5.58. The molecule has 0 spiro atoms. The Labute approximate surface area is 220 Å². The number of carbonyl (C=O) groups is 2. The fourth-order valence-corrected chi connectivity index (χ4v) is 5.85. The van der Waals surface area contributed by atoms with Crippen LogP contribution in [0.2, 0.25) is 0 Å². The number of nitrogens with one attached hydrogen (secondary N) is 3. The zero-order chi connectivity index (χ0) is 25.7. The number of para-hydroxylation sites is 1. The molecule has 2 aromatic carbocycles. The number of allylic oxidation sites excluding steroid dienone is 2. The van der Waals surface area contributed by atoms with Crippen LogP contribution in [0, 0.1) is 26.2 Å². The zero-order valence-corrected chi connectivity index (χ0v) is 22.0. The van der Waals surface area contributed by atoms with Crippen molar-refractivity contribution in [3.8, 4) is 12.3 Å². The molecular weight excluding hydrogens is 486 g/mol. The molecule has 3 aromatic rings. The average Bonchev–Trinajstić information content (AvgIpc) is 3.39. The fraction of sp³-hybridized carbons (Fsp3) is 0.172. The molecule has 2 heterocycles. The molecule has 1 atom stereocenters. The Hall–Kier alpha value is -3.73. The van der Waals surface area contributed by atoms with Gasteiger partial charge in [-0.15, -0.1) is 17.8 Å². The third-order valence-corrected chi connectivity index (χ3v) is 7.74. The number of terminal acetylenes is 1. The highest BCUT2D eigenvalue weighted by molar-refractivity contribution is 8.03. The van der Waals surface area contributed by atoms with Gasteiger partial charge in [-0.05, 0) is 56.0 Å². The number of hydrogen-bond acceptors (Lipinski definition) is 5. The number of hydrogen-bond donors (Lipinski definition) is 3. The molecule has 1 aliphatic heterocycles. The predicted octanol–water partition coefficient (Wildman–Crippen LogP) is 6.18. The van der Waals surface area contributed by atoms with Crippen LogP contribution in [0.4, 0.5) is 11.4 Å². The van der Waals surface area contributed by atoms with Gasteiger partial charge in [-0.1, -0.05) is 59.6 Å². The Bertz CT molecular complexity index is 1380. The quantitative estimate of drug-likeness (QED) is 0.330. The van der Waals surface area contributed by atoms with Gasteiger partial charge in [0.2, 0.25) is 5.91 Å². The number of amides is 2. The van der Waals surface area contributed by atoms with Crippen LogP contribution in [-0.4, -0.2) is 17.6 Å². The van der Waals surface area contributed by atoms with Gasteiger partial charge in [0, 0.05) is 33.1 Å². The number of benzene rings is 2. The van der Waals surface area contributed by atoms with Crippen molar-refractivity contribution in [3.05, 3.63) is 104 Å². The molecule has 0 aliphatic carbocycles. The summed E-state index contributed by atoms with van der Waals surface area (Å²) in [6, 6.07) is 19.2. The average molecular weight is 514 g/mol. The molecule has 4 rings (SSSR count). The fourth-order valence-electron chi connectivity index (χ4n) is 4.10. The summed E-state index contributed by atoms with van der Waals surface area (Å²) >= 11 is 2.89. The summed E-state index contributed by atoms with van der Waals surface area (Å²) in [5.74, 6) is 2.25. The van der Waals surface area contributed by atoms with Crippen molar-refractivity contribution in [3.63, 3.8) is 0 Å². The van der Waals surface area contributed by atoms with Crippen LogP contribution in [0.25, 0.3) is 0 Å². The van der Waals surface area contributed by atoms with Gasteiger partial charge in [0.15, 0.2) is 0 Å². The lowest BCUT2D eigenvalue weighted by Crippen LogP contribution is -2.30. The lowest BCUT2D eigenvalue weighted by molar-refractivity contribution is -0.114. The second-order valence-electron chi connectivity index (χ2n) is 8.47. The van der Waals surface area contributed by atoms with E-state index in [4.69, 9.17) is 6.42 Å². The summed E-state index contributed by atoms with van der Waals surface area (Å²) < 4.78 is 0. The first-order valence-electron chi connectivity index (χ1n) is 11.5. The Morgan fingerprint density at radius 2 is 1.83 bits per heavy atom. The molecule has 1 aromatic heterocycles. The SMILES string of the molecule is C#CC1=C(SCC(=O)Nc2ccc(C)cc2C)NC(C)=C(C(=O)Nc2ccccc2)C1c1cccs1. The minimum atomic E-state index is -0.398. The Kier molecular flexibility index (Phi) is 7.99. The molecule has 1 aliphatic rings. The highest BCUT2D eigenvalue weighted by Gasteiger charge is 2.34. The number of dihydropyridines is 1. The standard InChI is InChI=1S/C29H27N3O2S2/c1-5-22-27(24-12-9-15-35-24)26(28(34)31-21-10-7-6-8-11-21)20(4)30-29(22)36-17-25(33)32-23-14-13-18(2)16-19(23)3/h1,6-16,27,30H,17H2,2-4H3,(H,31,34)(H,32,33). The molecular formula is C29H27N3O2S2. The predicted molar refractivity (Wildman–Crippen MR) is 151 cm³/mol. The lowest BCUT2D eigenvalue weighted by Gasteiger charge is -2.29. The number of thiophene rings is 1. The first kappa shape index (κ1) is 25.4. The third kappa shape index (κ3) is 5.73. The molecule has 5 nitrogen and oxygen atoms in total. The van der Waals surface area contributed by atoms with Gasteiger partial charge >= 0.3 is 0 Å². The van der Waals surface area contributed by atoms with Crippen LogP contribution in [0.3, 0.4) is 0 Å². The first-order chi connectivity index (χ1) is 17.4. The van der Waals surface area contributed by atoms with E-state index in [2.05, 4.69) is 21.9 Å². The van der Waals surface area contributed by atoms with Gasteiger partial charge < -0.3 is 16.0 Å². The van der Waals surface area contributed by atoms with E-state index in [0.717, 1.165) is 21.7 Å². The molecule has 0 fully saturated rings. The van der Waals surface area contributed by atoms with Gasteiger partial charge in [-0.3, -0.25) is 9.59 Å². The third-order valence-electron chi connectivity index (χ3n) is 5.79. The molecule has 1 unspecified atom stereocenters. The molecule has 0 radical (unpaired) electrons. The van der Waals surface area contributed by atoms with E-state index in [1.807, 2.05) is 86.8 Å². The molecule has 3 N–H and O–H groups in total. The van der Waals surface area contributed by atoms with Crippen LogP contribution in [0.1, 0.15) is 28.8 Å². The number of rotatable bonds is 7. The van der Waals surface area contributed by atoms with E-state index < -0.39 is 5.92 Å². The molecule has 2 amide bonds. The molecule has 7 heteroatoms. The van der Waals surface area contributed by atoms with Crippen LogP contribution >= 0.6 is 23.1 Å². The summed E-state index contributed by atoms with van der Waals surface area (Å²) in [6.07, 6.45) is 6.00. The molecule has 36 heavy (non-hydrogen) atoms. The van der Waals surface area contributed by atoms with Crippen LogP contribution < -0.4 is 16.0 Å². The molecule has 0 saturated heterocycles. The van der Waals surface area contributed by atoms with E-state index in [0.29, 0.717) is 27.6 Å². The maximum absolute atomic E-state index is 13.4. The van der Waals surface area contributed by atoms with Crippen molar-refractivity contribution in [2.45, 2.75) is 26.7 Å². The summed E-state index contributed by atoms with van der Waals surface area (Å²) in [5, 5.41) is 12.0. The van der Waals surface area contributed by atoms with Gasteiger partial charge in [0.05, 0.1) is 16.7 Å². The van der Waals surface area contributed by atoms with Gasteiger partial charge in [0.25, 0.3) is 5.91 Å². The Balaban J connectivity index is 1.57. The van der Waals surface area contributed by atoms with E-state index in [1.54, 1.807) is 11.3 Å². The number of thioether (sulfide) groups is 1. The Morgan fingerprint density at radius 1 is 1.06 bits per heavy atom. The zero-order valence-electron chi connectivity index (χ0n) is 20.3. The highest BCUT2D eigenvalue weighted by Crippen LogP contribution is 2.42. The molecule has 0 saturated carbocycles. The van der Waals surface area contributed by atoms with Crippen molar-refractivity contribution in [1.29, 1.82) is 0 Å². The number of aryl methyl sites for hydroxylation is 2. The van der Waals surface area contributed by atoms with E-state index in [9.17, 15) is 9.59 Å². The van der Waals surface area contributed by atoms with Crippen molar-refractivity contribution < 1.29 is 9.59 Å². The normalized spacial score (nSPS) is 15.2. The largest absolute Gasteiger partial charge is 0.353 e. The highest BCUT2D eigenvalue weighted by atomic mass is 32.2. The second kappa shape index (κ2) is 11.3. The number of anilines is 2. The lowest BCUT2D eigenvalue weighted by atomic mass is 9.86. The molecule has 182 valence electrons. The maximum atomic E-state index is 13.4. The van der Waals surface area contributed by atoms with E-state index in [-0.39, 0.29) is 17.6 Å². The second-order valence-corrected chi connectivity index (χ2v) is 10.4. The van der Waals surface area contributed by atoms with Crippen molar-refractivity contribution in [1.82, 2.24) is 5.32 Å². The monoisotopic (exact) mass is 513 g/mol. The van der Waals surface area contributed by atoms with Crippen LogP contribution in [-0.2, 0) is 9.59 Å². The van der Waals surface area contributed by atoms with Crippen LogP contribution in [0.5, 0.6) is 0 Å². The minimum absolute atomic E-state index is 0.125. The van der Waals surface area contributed by atoms with Crippen LogP contribution in [0.15, 0.2) is 87.9 Å². The Morgan fingerprint density at radius 3 is 2.50 bits per heavy atom. The summed E-state index contributed by atoms with van der Waals surface area (Å²) in [6.45, 7) is 5.86. The maximum Gasteiger partial charge on any atom is 0.254 e. The van der Waals surface area contributed by atoms with Gasteiger partial charge in [0.1, 0.15) is 0 Å². The van der Waals surface area contributed by atoms with E-state index >= 15 is 0 Å². The van der Waals surface area contributed by atoms with Crippen molar-refractivity contribution >= 4 is 46.3 Å². The smallest absolute Gasteiger partial charge is 0.254 e. The summed E-state index contributed by atoms with van der Waals surface area (Å²) in [7, 11) is 0. The van der Waals surface area contributed by atoms with E-state index in [1.165, 1.54) is 11.8 Å². The molecule has 0 bridgehead atoms. The van der Waals surface area contributed by atoms with Crippen molar-refractivity contribution in [2.75, 3.05) is 16.4 Å². The summed E-state index contributed by atoms with van der Waals surface area (Å²) in [4.78, 5) is 27.1. The van der Waals surface area contributed by atoms with Gasteiger partial charge in [-0.2, -0.15) is 0 Å². The minimum Gasteiger partial charge on any atom is -0.353 e. The van der Waals surface area contributed by atoms with Gasteiger partial charge in [-0.25, -0.2) is 0 Å². The van der Waals surface area contributed by atoms with Crippen molar-refractivity contribution in [2.24, 2.45) is 0 Å².